The molecule has 0 amide bonds. The van der Waals surface area contributed by atoms with Gasteiger partial charge < -0.3 is 9.66 Å². The van der Waals surface area contributed by atoms with Gasteiger partial charge in [-0.05, 0) is 35.9 Å². The molecule has 0 saturated heterocycles. The van der Waals surface area contributed by atoms with Crippen LogP contribution in [0.2, 0.25) is 0 Å². The minimum atomic E-state index is -3.75. The maximum absolute atomic E-state index is 13.0. The molecule has 37 heavy (non-hydrogen) atoms. The van der Waals surface area contributed by atoms with E-state index in [4.69, 9.17) is 0 Å². The predicted octanol–water partition coefficient (Wildman–Crippen LogP) is 0.946. The fraction of sp³-hybridized carbons (Fsp3) is 0. The topological polar surface area (TPSA) is 192 Å². The second-order valence-corrected chi connectivity index (χ2v) is 10.1. The largest absolute Gasteiger partial charge is 0.478 e. The van der Waals surface area contributed by atoms with Gasteiger partial charge in [0.05, 0.1) is 26.7 Å². The molecule has 190 valence electrons. The number of carbonyl (C=O) groups is 1. The number of aromatic carboxylic acids is 1. The molecule has 3 rings (SSSR count). The van der Waals surface area contributed by atoms with Gasteiger partial charge in [-0.3, -0.25) is 20.4 Å². The number of sulfone groups is 1. The van der Waals surface area contributed by atoms with Gasteiger partial charge in [0.25, 0.3) is 0 Å². The van der Waals surface area contributed by atoms with Crippen LogP contribution in [0.1, 0.15) is 15.9 Å². The van der Waals surface area contributed by atoms with Gasteiger partial charge >= 0.3 is 5.97 Å². The lowest BCUT2D eigenvalue weighted by Gasteiger charge is -2.05. The van der Waals surface area contributed by atoms with E-state index < -0.39 is 54.0 Å². The summed E-state index contributed by atoms with van der Waals surface area (Å²) in [6.45, 7) is 6.74. The van der Waals surface area contributed by atoms with Gasteiger partial charge in [0.2, 0.25) is 10.9 Å². The minimum absolute atomic E-state index is 0.0905. The number of nitrogens with one attached hydrogen (secondary N) is 2. The highest BCUT2D eigenvalue weighted by molar-refractivity contribution is 7.94. The summed E-state index contributed by atoms with van der Waals surface area (Å²) in [6, 6.07) is 11.9. The summed E-state index contributed by atoms with van der Waals surface area (Å²) in [5, 5.41) is 16.5. The van der Waals surface area contributed by atoms with Crippen molar-refractivity contribution in [3.8, 4) is 0 Å². The Labute approximate surface area is 211 Å². The number of nitrogens with zero attached hydrogens (tertiary/aromatic N) is 2. The third-order valence-electron chi connectivity index (χ3n) is 4.80. The summed E-state index contributed by atoms with van der Waals surface area (Å²) < 4.78 is 44.4. The molecule has 0 spiro atoms. The van der Waals surface area contributed by atoms with Crippen molar-refractivity contribution < 1.29 is 27.1 Å². The Morgan fingerprint density at radius 2 is 1.57 bits per heavy atom. The molecule has 0 aliphatic heterocycles. The van der Waals surface area contributed by atoms with Gasteiger partial charge in [-0.15, -0.1) is 0 Å². The van der Waals surface area contributed by atoms with Gasteiger partial charge in [-0.2, -0.15) is 10.2 Å². The van der Waals surface area contributed by atoms with Crippen LogP contribution in [0.5, 0.6) is 0 Å². The number of rotatable bonds is 9. The second kappa shape index (κ2) is 11.0. The van der Waals surface area contributed by atoms with E-state index >= 15 is 0 Å². The molecule has 0 aliphatic carbocycles. The van der Waals surface area contributed by atoms with Crippen LogP contribution < -0.4 is 32.4 Å². The van der Waals surface area contributed by atoms with E-state index in [0.717, 1.165) is 5.41 Å². The molecular formula is C23H18N4O8S2. The van der Waals surface area contributed by atoms with Gasteiger partial charge in [-0.1, -0.05) is 31.4 Å². The Kier molecular flexibility index (Phi) is 8.07. The van der Waals surface area contributed by atoms with Crippen LogP contribution in [0.4, 0.5) is 11.4 Å². The van der Waals surface area contributed by atoms with Crippen molar-refractivity contribution in [3.63, 3.8) is 0 Å². The number of hydrogen-bond donors (Lipinski definition) is 4. The summed E-state index contributed by atoms with van der Waals surface area (Å²) in [6.07, 6.45) is 0. The molecule has 4 N–H and O–H groups in total. The third-order valence-corrected chi connectivity index (χ3v) is 6.80. The van der Waals surface area contributed by atoms with E-state index in [2.05, 4.69) is 34.2 Å². The summed E-state index contributed by atoms with van der Waals surface area (Å²) in [5.74, 6) is -1.59. The Morgan fingerprint density at radius 3 is 2.16 bits per heavy atom. The maximum Gasteiger partial charge on any atom is 0.338 e. The lowest BCUT2D eigenvalue weighted by Crippen LogP contribution is -2.50. The minimum Gasteiger partial charge on any atom is -0.478 e. The van der Waals surface area contributed by atoms with Crippen LogP contribution in [0, 0.1) is 0 Å². The first-order valence-electron chi connectivity index (χ1n) is 10.0. The Hall–Kier alpha value is -4.53. The van der Waals surface area contributed by atoms with Crippen LogP contribution in [0.25, 0.3) is 4.91 Å². The average Bonchev–Trinajstić information content (AvgIpc) is 2.87. The lowest BCUT2D eigenvalue weighted by molar-refractivity contribution is 0.0694. The summed E-state index contributed by atoms with van der Waals surface area (Å²) in [7, 11) is -3.75. The quantitative estimate of drug-likeness (QED) is 0.223. The molecule has 1 unspecified atom stereocenters. The molecule has 0 saturated carbocycles. The highest BCUT2D eigenvalue weighted by Gasteiger charge is 2.15. The zero-order valence-corrected chi connectivity index (χ0v) is 20.4. The molecule has 0 bridgehead atoms. The monoisotopic (exact) mass is 542 g/mol. The smallest absolute Gasteiger partial charge is 0.338 e. The van der Waals surface area contributed by atoms with Crippen molar-refractivity contribution in [2.24, 2.45) is 10.2 Å². The van der Waals surface area contributed by atoms with Crippen molar-refractivity contribution in [1.29, 1.82) is 0 Å². The number of benzene rings is 3. The van der Waals surface area contributed by atoms with E-state index in [-0.39, 0.29) is 26.7 Å². The van der Waals surface area contributed by atoms with Crippen LogP contribution in [-0.2, 0) is 20.9 Å². The lowest BCUT2D eigenvalue weighted by atomic mass is 10.2. The SMILES string of the molecule is C=CS(=O)(=O)c1cccc(NN=c2c(=O)cc(C(=O)O)/c(=N/Nc3cccc(C(=C)S(=O)O)c3)c2=O)c1. The highest BCUT2D eigenvalue weighted by atomic mass is 32.2. The van der Waals surface area contributed by atoms with Crippen molar-refractivity contribution in [2.45, 2.75) is 4.90 Å². The van der Waals surface area contributed by atoms with E-state index in [1.165, 1.54) is 48.5 Å². The van der Waals surface area contributed by atoms with Crippen molar-refractivity contribution in [2.75, 3.05) is 10.9 Å². The highest BCUT2D eigenvalue weighted by Crippen LogP contribution is 2.19. The van der Waals surface area contributed by atoms with Crippen LogP contribution in [0.3, 0.4) is 0 Å². The number of hydrogen-bond acceptors (Lipinski definition) is 10. The van der Waals surface area contributed by atoms with Crippen molar-refractivity contribution >= 4 is 43.2 Å². The zero-order chi connectivity index (χ0) is 27.3. The molecule has 0 radical (unpaired) electrons. The first-order valence-corrected chi connectivity index (χ1v) is 12.7. The first kappa shape index (κ1) is 27.1. The van der Waals surface area contributed by atoms with E-state index in [9.17, 15) is 36.7 Å². The first-order chi connectivity index (χ1) is 17.4. The van der Waals surface area contributed by atoms with Gasteiger partial charge in [0.15, 0.2) is 26.3 Å². The van der Waals surface area contributed by atoms with E-state index in [1.807, 2.05) is 0 Å². The van der Waals surface area contributed by atoms with Gasteiger partial charge in [0.1, 0.15) is 5.36 Å². The Balaban J connectivity index is 2.09. The number of anilines is 2. The van der Waals surface area contributed by atoms with Crippen molar-refractivity contribution in [3.05, 3.63) is 115 Å². The standard InChI is InChI=1S/C23H18N4O8S2/c1-3-37(34,35)17-9-5-8-16(11-17)25-27-21-19(28)12-18(23(30)31)20(22(21)29)26-24-15-7-4-6-14(10-15)13(2)36(32)33/h3-12,24-25H,1-2H2,(H,30,31)(H,32,33)/b26-20-,27-21?. The van der Waals surface area contributed by atoms with Crippen LogP contribution in [0.15, 0.2) is 97.9 Å². The molecule has 14 heteroatoms. The molecule has 0 fully saturated rings. The molecule has 0 heterocycles. The molecule has 0 aromatic heterocycles. The third kappa shape index (κ3) is 6.19. The molecule has 1 atom stereocenters. The van der Waals surface area contributed by atoms with Gasteiger partial charge in [0, 0.05) is 11.5 Å². The molecule has 0 aliphatic rings. The van der Waals surface area contributed by atoms with Crippen LogP contribution >= 0.6 is 0 Å². The number of carboxylic acids is 1. The summed E-state index contributed by atoms with van der Waals surface area (Å²) in [5.41, 5.74) is 2.73. The average molecular weight is 543 g/mol. The molecule has 3 aromatic carbocycles. The molecule has 3 aromatic rings. The number of carboxylic acid groups (broad SMARTS) is 1. The van der Waals surface area contributed by atoms with E-state index in [0.29, 0.717) is 6.07 Å². The van der Waals surface area contributed by atoms with Crippen LogP contribution in [-0.4, -0.2) is 28.3 Å². The fourth-order valence-electron chi connectivity index (χ4n) is 2.94. The van der Waals surface area contributed by atoms with Gasteiger partial charge in [-0.25, -0.2) is 17.4 Å². The van der Waals surface area contributed by atoms with E-state index in [1.54, 1.807) is 0 Å². The molecule has 12 nitrogen and oxygen atoms in total. The Morgan fingerprint density at radius 1 is 0.973 bits per heavy atom. The second-order valence-electron chi connectivity index (χ2n) is 7.19. The maximum atomic E-state index is 13.0. The normalized spacial score (nSPS) is 13.1. The Bertz CT molecular complexity index is 1790. The summed E-state index contributed by atoms with van der Waals surface area (Å²) >= 11 is -2.33. The predicted molar refractivity (Wildman–Crippen MR) is 137 cm³/mol. The summed E-state index contributed by atoms with van der Waals surface area (Å²) in [4.78, 5) is 36.9. The fourth-order valence-corrected chi connectivity index (χ4v) is 4.02. The van der Waals surface area contributed by atoms with Crippen molar-refractivity contribution in [1.82, 2.24) is 0 Å². The molecular weight excluding hydrogens is 524 g/mol. The zero-order valence-electron chi connectivity index (χ0n) is 18.7.